The van der Waals surface area contributed by atoms with Gasteiger partial charge in [0.25, 0.3) is 11.8 Å². The number of carbonyl (C=O) groups excluding carboxylic acids is 3. The number of amides is 3. The molecular weight excluding hydrogens is 584 g/mol. The first kappa shape index (κ1) is 29.9. The fourth-order valence-electron chi connectivity index (χ4n) is 3.59. The summed E-state index contributed by atoms with van der Waals surface area (Å²) in [6, 6.07) is 26.0. The van der Waals surface area contributed by atoms with Crippen molar-refractivity contribution in [2.75, 3.05) is 10.6 Å². The van der Waals surface area contributed by atoms with Crippen molar-refractivity contribution in [1.29, 1.82) is 0 Å². The molecule has 208 valence electrons. The van der Waals surface area contributed by atoms with Crippen molar-refractivity contribution >= 4 is 70.1 Å². The third kappa shape index (κ3) is 8.44. The number of benzene rings is 4. The molecule has 4 rings (SSSR count). The predicted molar refractivity (Wildman–Crippen MR) is 164 cm³/mol. The smallest absolute Gasteiger partial charge is 0.272 e. The van der Waals surface area contributed by atoms with Gasteiger partial charge in [-0.25, -0.2) is 4.39 Å². The predicted octanol–water partition coefficient (Wildman–Crippen LogP) is 7.66. The Bertz CT molecular complexity index is 1600. The molecule has 0 aliphatic rings. The fraction of sp³-hybridized carbons (Fsp3) is 0.0645. The molecule has 0 saturated carbocycles. The van der Waals surface area contributed by atoms with Gasteiger partial charge in [0.2, 0.25) is 5.91 Å². The largest absolute Gasteiger partial charge is 0.324 e. The maximum Gasteiger partial charge on any atom is 0.272 e. The van der Waals surface area contributed by atoms with Crippen LogP contribution >= 0.6 is 35.0 Å². The molecule has 0 radical (unpaired) electrons. The van der Waals surface area contributed by atoms with E-state index < -0.39 is 22.9 Å². The van der Waals surface area contributed by atoms with Crippen LogP contribution in [0.2, 0.25) is 10.0 Å². The van der Waals surface area contributed by atoms with Crippen LogP contribution in [0.3, 0.4) is 0 Å². The first-order valence-corrected chi connectivity index (χ1v) is 14.0. The lowest BCUT2D eigenvalue weighted by Crippen LogP contribution is -2.30. The molecule has 1 unspecified atom stereocenters. The number of nitrogens with one attached hydrogen (secondary N) is 3. The van der Waals surface area contributed by atoms with E-state index in [2.05, 4.69) is 16.0 Å². The van der Waals surface area contributed by atoms with Gasteiger partial charge in [-0.15, -0.1) is 11.8 Å². The Morgan fingerprint density at radius 1 is 0.854 bits per heavy atom. The highest BCUT2D eigenvalue weighted by Crippen LogP contribution is 2.29. The summed E-state index contributed by atoms with van der Waals surface area (Å²) in [6.45, 7) is 1.75. The summed E-state index contributed by atoms with van der Waals surface area (Å²) in [5.41, 5.74) is 1.22. The Morgan fingerprint density at radius 2 is 1.54 bits per heavy atom. The van der Waals surface area contributed by atoms with E-state index in [1.54, 1.807) is 85.8 Å². The van der Waals surface area contributed by atoms with E-state index in [0.29, 0.717) is 27.0 Å². The Labute approximate surface area is 250 Å². The molecule has 0 saturated heterocycles. The molecule has 0 bridgehead atoms. The molecule has 0 aliphatic carbocycles. The van der Waals surface area contributed by atoms with Crippen LogP contribution < -0.4 is 16.0 Å². The molecule has 4 aromatic rings. The van der Waals surface area contributed by atoms with Crippen molar-refractivity contribution in [3.05, 3.63) is 130 Å². The number of thioether (sulfide) groups is 1. The third-order valence-corrected chi connectivity index (χ3v) is 7.39. The zero-order valence-corrected chi connectivity index (χ0v) is 24.0. The lowest BCUT2D eigenvalue weighted by atomic mass is 10.1. The van der Waals surface area contributed by atoms with E-state index in [1.165, 1.54) is 36.0 Å². The van der Waals surface area contributed by atoms with Crippen molar-refractivity contribution in [3.8, 4) is 0 Å². The average Bonchev–Trinajstić information content (AvgIpc) is 2.97. The zero-order chi connectivity index (χ0) is 29.4. The van der Waals surface area contributed by atoms with E-state index in [4.69, 9.17) is 23.2 Å². The SMILES string of the molecule is CC(Sc1ccc(NC(=O)/C(=C/c2ccccc2F)NC(=O)c2ccccc2)cc1)C(=O)Nc1cc(Cl)ccc1Cl. The highest BCUT2D eigenvalue weighted by molar-refractivity contribution is 8.00. The quantitative estimate of drug-likeness (QED) is 0.135. The molecule has 41 heavy (non-hydrogen) atoms. The van der Waals surface area contributed by atoms with Gasteiger partial charge in [0.05, 0.1) is 16.0 Å². The lowest BCUT2D eigenvalue weighted by Gasteiger charge is -2.14. The van der Waals surface area contributed by atoms with E-state index in [9.17, 15) is 18.8 Å². The Kier molecular flexibility index (Phi) is 10.2. The van der Waals surface area contributed by atoms with Gasteiger partial charge in [0.1, 0.15) is 11.5 Å². The number of hydrogen-bond acceptors (Lipinski definition) is 4. The van der Waals surface area contributed by atoms with Crippen LogP contribution in [-0.2, 0) is 9.59 Å². The topological polar surface area (TPSA) is 87.3 Å². The van der Waals surface area contributed by atoms with Crippen molar-refractivity contribution < 1.29 is 18.8 Å². The van der Waals surface area contributed by atoms with E-state index in [0.717, 1.165) is 4.90 Å². The maximum absolute atomic E-state index is 14.3. The van der Waals surface area contributed by atoms with E-state index >= 15 is 0 Å². The lowest BCUT2D eigenvalue weighted by molar-refractivity contribution is -0.115. The molecule has 0 heterocycles. The number of anilines is 2. The Hall–Kier alpha value is -4.11. The van der Waals surface area contributed by atoms with Gasteiger partial charge < -0.3 is 16.0 Å². The summed E-state index contributed by atoms with van der Waals surface area (Å²) in [5, 5.41) is 8.45. The maximum atomic E-state index is 14.3. The van der Waals surface area contributed by atoms with Crippen LogP contribution in [0.4, 0.5) is 15.8 Å². The normalized spacial score (nSPS) is 11.9. The summed E-state index contributed by atoms with van der Waals surface area (Å²) in [7, 11) is 0. The molecule has 0 spiro atoms. The number of carbonyl (C=O) groups is 3. The van der Waals surface area contributed by atoms with E-state index in [1.807, 2.05) is 0 Å². The van der Waals surface area contributed by atoms with Crippen LogP contribution in [0.1, 0.15) is 22.8 Å². The fourth-order valence-corrected chi connectivity index (χ4v) is 4.79. The Balaban J connectivity index is 1.44. The van der Waals surface area contributed by atoms with Crippen LogP contribution in [0, 0.1) is 5.82 Å². The molecule has 10 heteroatoms. The van der Waals surface area contributed by atoms with E-state index in [-0.39, 0.29) is 17.2 Å². The monoisotopic (exact) mass is 607 g/mol. The molecule has 6 nitrogen and oxygen atoms in total. The van der Waals surface area contributed by atoms with Gasteiger partial charge in [-0.2, -0.15) is 0 Å². The third-order valence-electron chi connectivity index (χ3n) is 5.71. The number of hydrogen-bond donors (Lipinski definition) is 3. The minimum atomic E-state index is -0.635. The van der Waals surface area contributed by atoms with Crippen LogP contribution in [0.5, 0.6) is 0 Å². The molecule has 0 aliphatic heterocycles. The van der Waals surface area contributed by atoms with Crippen molar-refractivity contribution in [2.24, 2.45) is 0 Å². The highest BCUT2D eigenvalue weighted by Gasteiger charge is 2.18. The summed E-state index contributed by atoms with van der Waals surface area (Å²) >= 11 is 13.4. The molecule has 1 atom stereocenters. The van der Waals surface area contributed by atoms with Gasteiger partial charge in [-0.3, -0.25) is 14.4 Å². The zero-order valence-electron chi connectivity index (χ0n) is 21.7. The second kappa shape index (κ2) is 14.0. The first-order chi connectivity index (χ1) is 19.7. The van der Waals surface area contributed by atoms with Gasteiger partial charge >= 0.3 is 0 Å². The molecule has 0 aromatic heterocycles. The summed E-state index contributed by atoms with van der Waals surface area (Å²) in [6.07, 6.45) is 1.28. The molecular formula is C31H24Cl2FN3O3S. The molecule has 3 N–H and O–H groups in total. The first-order valence-electron chi connectivity index (χ1n) is 12.4. The molecule has 3 amide bonds. The van der Waals surface area contributed by atoms with Crippen LogP contribution in [0.25, 0.3) is 6.08 Å². The number of halogens is 3. The average molecular weight is 609 g/mol. The second-order valence-electron chi connectivity index (χ2n) is 8.75. The van der Waals surface area contributed by atoms with Crippen molar-refractivity contribution in [1.82, 2.24) is 5.32 Å². The van der Waals surface area contributed by atoms with Gasteiger partial charge in [0.15, 0.2) is 0 Å². The van der Waals surface area contributed by atoms with Gasteiger partial charge in [-0.05, 0) is 73.7 Å². The van der Waals surface area contributed by atoms with Gasteiger partial charge in [-0.1, -0.05) is 59.6 Å². The highest BCUT2D eigenvalue weighted by atomic mass is 35.5. The molecule has 4 aromatic carbocycles. The van der Waals surface area contributed by atoms with Crippen LogP contribution in [-0.4, -0.2) is 23.0 Å². The van der Waals surface area contributed by atoms with Crippen molar-refractivity contribution in [3.63, 3.8) is 0 Å². The minimum absolute atomic E-state index is 0.132. The summed E-state index contributed by atoms with van der Waals surface area (Å²) in [5.74, 6) is -1.94. The summed E-state index contributed by atoms with van der Waals surface area (Å²) in [4.78, 5) is 39.4. The summed E-state index contributed by atoms with van der Waals surface area (Å²) < 4.78 is 14.3. The Morgan fingerprint density at radius 3 is 2.24 bits per heavy atom. The molecule has 0 fully saturated rings. The standard InChI is InChI=1S/C31H24Cl2FN3O3S/c1-19(29(38)36-27-18-22(32)11-16-25(27)33)41-24-14-12-23(13-15-24)35-31(40)28(17-21-9-5-6-10-26(21)34)37-30(39)20-7-3-2-4-8-20/h2-19H,1H3,(H,35,40)(H,36,38)(H,37,39)/b28-17-. The number of rotatable bonds is 9. The van der Waals surface area contributed by atoms with Crippen LogP contribution in [0.15, 0.2) is 108 Å². The van der Waals surface area contributed by atoms with Gasteiger partial charge in [0, 0.05) is 26.7 Å². The minimum Gasteiger partial charge on any atom is -0.324 e. The second-order valence-corrected chi connectivity index (χ2v) is 11.0. The van der Waals surface area contributed by atoms with Crippen molar-refractivity contribution in [2.45, 2.75) is 17.1 Å².